The van der Waals surface area contributed by atoms with Gasteiger partial charge in [0.1, 0.15) is 0 Å². The van der Waals surface area contributed by atoms with Crippen LogP contribution < -0.4 is 0 Å². The normalized spacial score (nSPS) is 11.0. The molecule has 23 heavy (non-hydrogen) atoms. The summed E-state index contributed by atoms with van der Waals surface area (Å²) >= 11 is 0. The Morgan fingerprint density at radius 1 is 0.913 bits per heavy atom. The lowest BCUT2D eigenvalue weighted by atomic mass is 10.2. The van der Waals surface area contributed by atoms with Gasteiger partial charge in [0.2, 0.25) is 11.8 Å². The third-order valence-corrected chi connectivity index (χ3v) is 4.25. The summed E-state index contributed by atoms with van der Waals surface area (Å²) in [5, 5.41) is 0. The Morgan fingerprint density at radius 3 is 1.61 bits per heavy atom. The minimum atomic E-state index is -0.0285. The first-order valence-corrected chi connectivity index (χ1v) is 8.38. The zero-order chi connectivity index (χ0) is 17.9. The average Bonchev–Trinajstić information content (AvgIpc) is 2.53. The van der Waals surface area contributed by atoms with Crippen molar-refractivity contribution < 1.29 is 14.1 Å². The molecule has 0 N–H and O–H groups in total. The largest absolute Gasteiger partial charge is 0.342 e. The average molecular weight is 324 g/mol. The number of amides is 2. The van der Waals surface area contributed by atoms with Crippen molar-refractivity contribution in [2.45, 2.75) is 26.2 Å². The molecule has 5 nitrogen and oxygen atoms in total. The van der Waals surface area contributed by atoms with Gasteiger partial charge in [-0.1, -0.05) is 20.1 Å². The second kappa shape index (κ2) is 11.0. The van der Waals surface area contributed by atoms with Crippen LogP contribution >= 0.6 is 0 Å². The van der Waals surface area contributed by atoms with Crippen LogP contribution in [0.2, 0.25) is 0 Å². The van der Waals surface area contributed by atoms with Crippen molar-refractivity contribution in [1.29, 1.82) is 0 Å². The molecule has 0 saturated carbocycles. The van der Waals surface area contributed by atoms with E-state index in [-0.39, 0.29) is 11.8 Å². The maximum absolute atomic E-state index is 11.5. The van der Waals surface area contributed by atoms with Crippen LogP contribution in [0.4, 0.5) is 0 Å². The molecule has 0 aromatic heterocycles. The molecule has 0 aliphatic rings. The van der Waals surface area contributed by atoms with E-state index in [1.165, 1.54) is 12.2 Å². The van der Waals surface area contributed by atoms with E-state index in [9.17, 15) is 9.59 Å². The minimum absolute atomic E-state index is 0.0285. The van der Waals surface area contributed by atoms with E-state index >= 15 is 0 Å². The number of hydrogen-bond acceptors (Lipinski definition) is 2. The van der Waals surface area contributed by atoms with Gasteiger partial charge in [-0.2, -0.15) is 0 Å². The molecule has 5 heteroatoms. The minimum Gasteiger partial charge on any atom is -0.342 e. The summed E-state index contributed by atoms with van der Waals surface area (Å²) in [5.41, 5.74) is 0. The van der Waals surface area contributed by atoms with E-state index in [0.717, 1.165) is 56.5 Å². The molecule has 0 aromatic rings. The fourth-order valence-electron chi connectivity index (χ4n) is 2.79. The Labute approximate surface area is 141 Å². The van der Waals surface area contributed by atoms with Gasteiger partial charge in [0.25, 0.3) is 0 Å². The molecule has 0 heterocycles. The van der Waals surface area contributed by atoms with Crippen molar-refractivity contribution in [2.24, 2.45) is 0 Å². The van der Waals surface area contributed by atoms with Crippen molar-refractivity contribution >= 4 is 11.8 Å². The summed E-state index contributed by atoms with van der Waals surface area (Å²) in [6, 6.07) is 0. The molecule has 0 saturated heterocycles. The fraction of sp³-hybridized carbons (Fsp3) is 0.667. The van der Waals surface area contributed by atoms with Crippen molar-refractivity contribution in [1.82, 2.24) is 9.80 Å². The molecule has 0 radical (unpaired) electrons. The number of likely N-dealkylation sites (N-methyl/N-ethyl adjacent to an activating group) is 2. The Morgan fingerprint density at radius 2 is 1.30 bits per heavy atom. The summed E-state index contributed by atoms with van der Waals surface area (Å²) < 4.78 is 0.975. The molecule has 0 spiro atoms. The third kappa shape index (κ3) is 8.55. The molecule has 0 fully saturated rings. The molecule has 0 aromatic carbocycles. The predicted octanol–water partition coefficient (Wildman–Crippen LogP) is 1.91. The topological polar surface area (TPSA) is 40.6 Å². The smallest absolute Gasteiger partial charge is 0.245 e. The SMILES string of the molecule is C=CC(=O)N(C)CCC[N+](C)(CCC)CCCN(C)C(=O)C=C. The highest BCUT2D eigenvalue weighted by molar-refractivity contribution is 5.87. The summed E-state index contributed by atoms with van der Waals surface area (Å²) in [6.07, 6.45) is 5.76. The zero-order valence-electron chi connectivity index (χ0n) is 15.4. The van der Waals surface area contributed by atoms with E-state index in [0.29, 0.717) is 0 Å². The monoisotopic (exact) mass is 324 g/mol. The molecule has 0 rings (SSSR count). The maximum Gasteiger partial charge on any atom is 0.245 e. The Balaban J connectivity index is 4.33. The first kappa shape index (κ1) is 21.4. The lowest BCUT2D eigenvalue weighted by molar-refractivity contribution is -0.909. The highest BCUT2D eigenvalue weighted by Crippen LogP contribution is 2.09. The van der Waals surface area contributed by atoms with Crippen LogP contribution in [0.25, 0.3) is 0 Å². The van der Waals surface area contributed by atoms with Crippen molar-refractivity contribution in [2.75, 3.05) is 53.9 Å². The zero-order valence-corrected chi connectivity index (χ0v) is 15.4. The molecule has 0 atom stereocenters. The standard InChI is InChI=1S/C18H34N3O2/c1-7-14-21(6,15-10-12-19(4)17(22)8-2)16-11-13-20(5)18(23)9-3/h8-9H,2-3,7,10-16H2,1,4-6H3/q+1. The van der Waals surface area contributed by atoms with Gasteiger partial charge in [0.15, 0.2) is 0 Å². The first-order valence-electron chi connectivity index (χ1n) is 8.38. The van der Waals surface area contributed by atoms with Gasteiger partial charge in [-0.25, -0.2) is 0 Å². The van der Waals surface area contributed by atoms with Crippen LogP contribution in [0, 0.1) is 0 Å². The fourth-order valence-corrected chi connectivity index (χ4v) is 2.79. The van der Waals surface area contributed by atoms with E-state index in [1.54, 1.807) is 9.80 Å². The predicted molar refractivity (Wildman–Crippen MR) is 96.0 cm³/mol. The van der Waals surface area contributed by atoms with Crippen LogP contribution in [0.1, 0.15) is 26.2 Å². The van der Waals surface area contributed by atoms with E-state index in [2.05, 4.69) is 27.1 Å². The number of carbonyl (C=O) groups excluding carboxylic acids is 2. The number of quaternary nitrogens is 1. The molecule has 0 aliphatic carbocycles. The van der Waals surface area contributed by atoms with E-state index in [4.69, 9.17) is 0 Å². The second-order valence-corrected chi connectivity index (χ2v) is 6.43. The van der Waals surface area contributed by atoms with Gasteiger partial charge >= 0.3 is 0 Å². The van der Waals surface area contributed by atoms with Crippen LogP contribution in [0.15, 0.2) is 25.3 Å². The highest BCUT2D eigenvalue weighted by Gasteiger charge is 2.20. The van der Waals surface area contributed by atoms with Crippen molar-refractivity contribution in [3.63, 3.8) is 0 Å². The molecule has 0 unspecified atom stereocenters. The van der Waals surface area contributed by atoms with Gasteiger partial charge < -0.3 is 14.3 Å². The molecular formula is C18H34N3O2+. The lowest BCUT2D eigenvalue weighted by Crippen LogP contribution is -2.47. The number of carbonyl (C=O) groups is 2. The molecule has 0 bridgehead atoms. The van der Waals surface area contributed by atoms with Crippen molar-refractivity contribution in [3.05, 3.63) is 25.3 Å². The van der Waals surface area contributed by atoms with Crippen LogP contribution in [-0.2, 0) is 9.59 Å². The lowest BCUT2D eigenvalue weighted by Gasteiger charge is -2.35. The second-order valence-electron chi connectivity index (χ2n) is 6.43. The van der Waals surface area contributed by atoms with Gasteiger partial charge in [-0.05, 0) is 18.6 Å². The van der Waals surface area contributed by atoms with Gasteiger partial charge in [-0.15, -0.1) is 0 Å². The van der Waals surface area contributed by atoms with Crippen LogP contribution in [0.5, 0.6) is 0 Å². The van der Waals surface area contributed by atoms with Gasteiger partial charge in [0.05, 0.1) is 26.7 Å². The Kier molecular flexibility index (Phi) is 10.2. The summed E-state index contributed by atoms with van der Waals surface area (Å²) in [5.74, 6) is -0.0569. The highest BCUT2D eigenvalue weighted by atomic mass is 16.2. The van der Waals surface area contributed by atoms with Crippen LogP contribution in [0.3, 0.4) is 0 Å². The Hall–Kier alpha value is -1.62. The molecule has 0 aliphatic heterocycles. The van der Waals surface area contributed by atoms with Crippen LogP contribution in [-0.4, -0.2) is 80.0 Å². The van der Waals surface area contributed by atoms with Gasteiger partial charge in [0, 0.05) is 40.0 Å². The number of rotatable bonds is 12. The quantitative estimate of drug-likeness (QED) is 0.406. The first-order chi connectivity index (χ1) is 10.8. The maximum atomic E-state index is 11.5. The summed E-state index contributed by atoms with van der Waals surface area (Å²) in [4.78, 5) is 26.4. The van der Waals surface area contributed by atoms with E-state index < -0.39 is 0 Å². The summed E-state index contributed by atoms with van der Waals surface area (Å²) in [7, 11) is 5.88. The Bertz CT molecular complexity index is 375. The van der Waals surface area contributed by atoms with Gasteiger partial charge in [-0.3, -0.25) is 9.59 Å². The number of hydrogen-bond donors (Lipinski definition) is 0. The molecule has 132 valence electrons. The van der Waals surface area contributed by atoms with E-state index in [1.807, 2.05) is 14.1 Å². The van der Waals surface area contributed by atoms with Crippen molar-refractivity contribution in [3.8, 4) is 0 Å². The summed E-state index contributed by atoms with van der Waals surface area (Å²) in [6.45, 7) is 13.9. The third-order valence-electron chi connectivity index (χ3n) is 4.25. The number of nitrogens with zero attached hydrogens (tertiary/aromatic N) is 3. The molecule has 2 amide bonds. The molecular weight excluding hydrogens is 290 g/mol.